The van der Waals surface area contributed by atoms with Crippen molar-refractivity contribution >= 4 is 45.3 Å². The molecule has 3 rings (SSSR count). The maximum Gasteiger partial charge on any atom is 0.433 e. The van der Waals surface area contributed by atoms with Crippen LogP contribution >= 0.6 is 27.7 Å². The maximum atomic E-state index is 13.3. The summed E-state index contributed by atoms with van der Waals surface area (Å²) in [5.74, 6) is -1.44. The molecule has 166 valence electrons. The minimum Gasteiger partial charge on any atom is -0.465 e. The number of carbonyl (C=O) groups excluding carboxylic acids is 2. The van der Waals surface area contributed by atoms with Crippen LogP contribution in [0.1, 0.15) is 16.1 Å². The number of hydrogen-bond donors (Lipinski definition) is 1. The van der Waals surface area contributed by atoms with E-state index in [0.29, 0.717) is 5.56 Å². The Morgan fingerprint density at radius 1 is 1.09 bits per heavy atom. The number of aromatic nitrogens is 2. The molecule has 0 saturated carbocycles. The third kappa shape index (κ3) is 6.07. The Hall–Kier alpha value is -2.92. The molecule has 2 aromatic carbocycles. The summed E-state index contributed by atoms with van der Waals surface area (Å²) in [6.07, 6.45) is -4.68. The molecule has 11 heteroatoms. The van der Waals surface area contributed by atoms with Gasteiger partial charge < -0.3 is 10.1 Å². The van der Waals surface area contributed by atoms with Crippen LogP contribution in [0.15, 0.2) is 64.2 Å². The minimum atomic E-state index is -4.68. The van der Waals surface area contributed by atoms with Gasteiger partial charge in [-0.3, -0.25) is 4.79 Å². The fraction of sp³-hybridized carbons (Fsp3) is 0.143. The molecule has 0 bridgehead atoms. The Morgan fingerprint density at radius 2 is 1.78 bits per heavy atom. The fourth-order valence-electron chi connectivity index (χ4n) is 2.60. The van der Waals surface area contributed by atoms with Gasteiger partial charge in [-0.2, -0.15) is 13.2 Å². The second-order valence-corrected chi connectivity index (χ2v) is 8.16. The van der Waals surface area contributed by atoms with E-state index in [9.17, 15) is 22.8 Å². The zero-order chi connectivity index (χ0) is 23.3. The van der Waals surface area contributed by atoms with Crippen LogP contribution in [0.4, 0.5) is 18.9 Å². The number of halogens is 4. The van der Waals surface area contributed by atoms with E-state index < -0.39 is 23.7 Å². The topological polar surface area (TPSA) is 81.2 Å². The van der Waals surface area contributed by atoms with Gasteiger partial charge in [0.15, 0.2) is 5.16 Å². The summed E-state index contributed by atoms with van der Waals surface area (Å²) < 4.78 is 45.5. The van der Waals surface area contributed by atoms with Gasteiger partial charge in [0.05, 0.1) is 29.8 Å². The zero-order valence-corrected chi connectivity index (χ0v) is 18.8. The average molecular weight is 526 g/mol. The summed E-state index contributed by atoms with van der Waals surface area (Å²) in [5.41, 5.74) is -0.172. The molecule has 0 atom stereocenters. The predicted molar refractivity (Wildman–Crippen MR) is 117 cm³/mol. The summed E-state index contributed by atoms with van der Waals surface area (Å²) in [6, 6.07) is 13.7. The first kappa shape index (κ1) is 23.7. The van der Waals surface area contributed by atoms with Gasteiger partial charge in [0.1, 0.15) is 5.69 Å². The van der Waals surface area contributed by atoms with Gasteiger partial charge in [-0.25, -0.2) is 14.8 Å². The number of esters is 1. The van der Waals surface area contributed by atoms with Crippen LogP contribution in [-0.2, 0) is 15.7 Å². The first-order chi connectivity index (χ1) is 15.2. The first-order valence-electron chi connectivity index (χ1n) is 8.99. The highest BCUT2D eigenvalue weighted by atomic mass is 79.9. The van der Waals surface area contributed by atoms with Crippen molar-refractivity contribution in [1.29, 1.82) is 0 Å². The van der Waals surface area contributed by atoms with E-state index in [1.165, 1.54) is 19.2 Å². The lowest BCUT2D eigenvalue weighted by molar-refractivity contribution is -0.141. The Bertz CT molecular complexity index is 1140. The van der Waals surface area contributed by atoms with Gasteiger partial charge in [-0.1, -0.05) is 52.0 Å². The molecule has 1 aromatic heterocycles. The van der Waals surface area contributed by atoms with E-state index in [4.69, 9.17) is 0 Å². The van der Waals surface area contributed by atoms with Gasteiger partial charge in [0.2, 0.25) is 5.91 Å². The normalized spacial score (nSPS) is 11.2. The quantitative estimate of drug-likeness (QED) is 0.262. The molecule has 0 aliphatic rings. The highest BCUT2D eigenvalue weighted by Gasteiger charge is 2.34. The summed E-state index contributed by atoms with van der Waals surface area (Å²) in [7, 11) is 1.21. The number of ether oxygens (including phenoxy) is 1. The molecule has 6 nitrogen and oxygen atoms in total. The maximum absolute atomic E-state index is 13.3. The second-order valence-electron chi connectivity index (χ2n) is 6.30. The highest BCUT2D eigenvalue weighted by molar-refractivity contribution is 9.10. The molecule has 1 N–H and O–H groups in total. The third-order valence-corrected chi connectivity index (χ3v) is 5.45. The van der Waals surface area contributed by atoms with Crippen molar-refractivity contribution in [2.75, 3.05) is 18.2 Å². The zero-order valence-electron chi connectivity index (χ0n) is 16.4. The molecule has 0 fully saturated rings. The van der Waals surface area contributed by atoms with E-state index in [0.717, 1.165) is 22.3 Å². The van der Waals surface area contributed by atoms with Gasteiger partial charge in [0.25, 0.3) is 0 Å². The molecule has 0 unspecified atom stereocenters. The lowest BCUT2D eigenvalue weighted by atomic mass is 10.1. The van der Waals surface area contributed by atoms with Crippen molar-refractivity contribution in [2.24, 2.45) is 0 Å². The second kappa shape index (κ2) is 10.1. The van der Waals surface area contributed by atoms with E-state index in [2.05, 4.69) is 36.0 Å². The van der Waals surface area contributed by atoms with E-state index >= 15 is 0 Å². The summed E-state index contributed by atoms with van der Waals surface area (Å²) in [6.45, 7) is 0. The van der Waals surface area contributed by atoms with Crippen LogP contribution < -0.4 is 5.32 Å². The van der Waals surface area contributed by atoms with E-state index in [-0.39, 0.29) is 27.9 Å². The van der Waals surface area contributed by atoms with Crippen molar-refractivity contribution in [3.63, 3.8) is 0 Å². The Balaban J connectivity index is 1.80. The number of alkyl halides is 3. The monoisotopic (exact) mass is 525 g/mol. The number of para-hydroxylation sites is 1. The van der Waals surface area contributed by atoms with Crippen LogP contribution in [-0.4, -0.2) is 34.7 Å². The van der Waals surface area contributed by atoms with E-state index in [1.807, 2.05) is 0 Å². The lowest BCUT2D eigenvalue weighted by Gasteiger charge is -2.11. The predicted octanol–water partition coefficient (Wildman–Crippen LogP) is 5.44. The molecule has 0 spiro atoms. The van der Waals surface area contributed by atoms with E-state index in [1.54, 1.807) is 36.4 Å². The number of nitrogens with one attached hydrogen (secondary N) is 1. The van der Waals surface area contributed by atoms with Crippen molar-refractivity contribution < 1.29 is 27.5 Å². The number of nitrogens with zero attached hydrogens (tertiary/aromatic N) is 2. The van der Waals surface area contributed by atoms with Gasteiger partial charge >= 0.3 is 12.1 Å². The number of hydrogen-bond acceptors (Lipinski definition) is 6. The fourth-order valence-corrected chi connectivity index (χ4v) is 3.52. The molecule has 0 saturated heterocycles. The van der Waals surface area contributed by atoms with Gasteiger partial charge in [-0.05, 0) is 30.3 Å². The largest absolute Gasteiger partial charge is 0.465 e. The number of thioether (sulfide) groups is 1. The summed E-state index contributed by atoms with van der Waals surface area (Å²) >= 11 is 4.03. The minimum absolute atomic E-state index is 0.0822. The molecule has 1 amide bonds. The number of amides is 1. The molecular weight excluding hydrogens is 511 g/mol. The average Bonchev–Trinajstić information content (AvgIpc) is 2.77. The van der Waals surface area contributed by atoms with Crippen LogP contribution in [0, 0.1) is 0 Å². The number of anilines is 1. The van der Waals surface area contributed by atoms with Crippen molar-refractivity contribution in [3.05, 3.63) is 70.3 Å². The third-order valence-electron chi connectivity index (χ3n) is 4.07. The SMILES string of the molecule is COC(=O)c1ccccc1NC(=O)CSc1nc(-c2ccc(Br)cc2)cc(C(F)(F)F)n1. The summed E-state index contributed by atoms with van der Waals surface area (Å²) in [4.78, 5) is 31.9. The molecule has 0 radical (unpaired) electrons. The molecule has 3 aromatic rings. The first-order valence-corrected chi connectivity index (χ1v) is 10.8. The molecule has 32 heavy (non-hydrogen) atoms. The number of benzene rings is 2. The number of carbonyl (C=O) groups is 2. The highest BCUT2D eigenvalue weighted by Crippen LogP contribution is 2.32. The molecule has 0 aliphatic carbocycles. The lowest BCUT2D eigenvalue weighted by Crippen LogP contribution is -2.17. The van der Waals surface area contributed by atoms with Crippen molar-refractivity contribution in [3.8, 4) is 11.3 Å². The standard InChI is InChI=1S/C21H15BrF3N3O3S/c1-31-19(30)14-4-2-3-5-15(14)26-18(29)11-32-20-27-16(10-17(28-20)21(23,24)25)12-6-8-13(22)9-7-12/h2-10H,11H2,1H3,(H,26,29). The van der Waals surface area contributed by atoms with Crippen molar-refractivity contribution in [2.45, 2.75) is 11.3 Å². The van der Waals surface area contributed by atoms with Crippen LogP contribution in [0.2, 0.25) is 0 Å². The summed E-state index contributed by atoms with van der Waals surface area (Å²) in [5, 5.41) is 2.35. The van der Waals surface area contributed by atoms with Crippen LogP contribution in [0.25, 0.3) is 11.3 Å². The molecular formula is C21H15BrF3N3O3S. The Labute approximate surface area is 193 Å². The molecule has 1 heterocycles. The Morgan fingerprint density at radius 3 is 2.44 bits per heavy atom. The molecule has 0 aliphatic heterocycles. The van der Waals surface area contributed by atoms with Gasteiger partial charge in [-0.15, -0.1) is 0 Å². The van der Waals surface area contributed by atoms with Crippen LogP contribution in [0.3, 0.4) is 0 Å². The van der Waals surface area contributed by atoms with Gasteiger partial charge in [0, 0.05) is 10.0 Å². The Kier molecular flexibility index (Phi) is 7.52. The van der Waals surface area contributed by atoms with Crippen LogP contribution in [0.5, 0.6) is 0 Å². The smallest absolute Gasteiger partial charge is 0.433 e. The van der Waals surface area contributed by atoms with Crippen molar-refractivity contribution in [1.82, 2.24) is 9.97 Å². The number of methoxy groups -OCH3 is 1. The number of rotatable bonds is 6.